The minimum atomic E-state index is -0.0212. The molecule has 0 bridgehead atoms. The second-order valence-electron chi connectivity index (χ2n) is 8.32. The SMILES string of the molecule is CCc1nccn1-c1cccc([C@H]2CCCN2C(=O)c2ccc(OCCN(C)C)cc2)n1. The summed E-state index contributed by atoms with van der Waals surface area (Å²) in [5.41, 5.74) is 1.60. The molecule has 0 radical (unpaired) electrons. The van der Waals surface area contributed by atoms with Gasteiger partial charge in [0.05, 0.1) is 11.7 Å². The summed E-state index contributed by atoms with van der Waals surface area (Å²) in [7, 11) is 4.03. The van der Waals surface area contributed by atoms with Crippen LogP contribution < -0.4 is 4.74 Å². The number of pyridine rings is 1. The number of rotatable bonds is 8. The number of aryl methyl sites for hydroxylation is 1. The molecular formula is C25H31N5O2. The predicted octanol–water partition coefficient (Wildman–Crippen LogP) is 3.75. The van der Waals surface area contributed by atoms with Gasteiger partial charge in [-0.1, -0.05) is 13.0 Å². The number of imidazole rings is 1. The summed E-state index contributed by atoms with van der Waals surface area (Å²) >= 11 is 0. The van der Waals surface area contributed by atoms with Crippen LogP contribution in [0.4, 0.5) is 0 Å². The molecule has 1 amide bonds. The van der Waals surface area contributed by atoms with Crippen molar-refractivity contribution in [2.75, 3.05) is 33.8 Å². The van der Waals surface area contributed by atoms with Gasteiger partial charge in [0.1, 0.15) is 24.0 Å². The molecule has 1 fully saturated rings. The van der Waals surface area contributed by atoms with E-state index in [0.717, 1.165) is 55.4 Å². The van der Waals surface area contributed by atoms with E-state index in [4.69, 9.17) is 9.72 Å². The molecule has 0 aliphatic carbocycles. The smallest absolute Gasteiger partial charge is 0.254 e. The van der Waals surface area contributed by atoms with Gasteiger partial charge in [0.15, 0.2) is 0 Å². The van der Waals surface area contributed by atoms with Crippen molar-refractivity contribution < 1.29 is 9.53 Å². The average molecular weight is 434 g/mol. The molecule has 1 aromatic carbocycles. The van der Waals surface area contributed by atoms with Crippen LogP contribution >= 0.6 is 0 Å². The molecule has 0 unspecified atom stereocenters. The Morgan fingerprint density at radius 1 is 1.19 bits per heavy atom. The Morgan fingerprint density at radius 3 is 2.75 bits per heavy atom. The number of likely N-dealkylation sites (tertiary alicyclic amines) is 1. The zero-order chi connectivity index (χ0) is 22.5. The molecule has 168 valence electrons. The molecule has 0 saturated carbocycles. The van der Waals surface area contributed by atoms with Crippen LogP contribution in [0.5, 0.6) is 5.75 Å². The fraction of sp³-hybridized carbons (Fsp3) is 0.400. The van der Waals surface area contributed by atoms with Gasteiger partial charge in [0, 0.05) is 37.5 Å². The van der Waals surface area contributed by atoms with Crippen LogP contribution in [0.15, 0.2) is 54.9 Å². The molecule has 4 rings (SSSR count). The first-order valence-corrected chi connectivity index (χ1v) is 11.2. The van der Waals surface area contributed by atoms with Gasteiger partial charge in [-0.15, -0.1) is 0 Å². The van der Waals surface area contributed by atoms with E-state index in [1.807, 2.05) is 72.2 Å². The van der Waals surface area contributed by atoms with Gasteiger partial charge in [-0.25, -0.2) is 9.97 Å². The summed E-state index contributed by atoms with van der Waals surface area (Å²) in [5.74, 6) is 2.64. The van der Waals surface area contributed by atoms with E-state index < -0.39 is 0 Å². The standard InChI is InChI=1S/C25H31N5O2/c1-4-23-26-14-16-30(23)24-9-5-7-21(27-24)22-8-6-15-29(22)25(31)19-10-12-20(13-11-19)32-18-17-28(2)3/h5,7,9-14,16,22H,4,6,8,15,17-18H2,1-3H3/t22-/m1/s1. The van der Waals surface area contributed by atoms with Gasteiger partial charge in [0.25, 0.3) is 5.91 Å². The van der Waals surface area contributed by atoms with E-state index >= 15 is 0 Å². The summed E-state index contributed by atoms with van der Waals surface area (Å²) in [4.78, 5) is 26.6. The zero-order valence-electron chi connectivity index (χ0n) is 19.1. The summed E-state index contributed by atoms with van der Waals surface area (Å²) in [6.45, 7) is 4.29. The maximum atomic E-state index is 13.3. The molecule has 3 aromatic rings. The Kier molecular flexibility index (Phi) is 6.85. The van der Waals surface area contributed by atoms with Gasteiger partial charge >= 0.3 is 0 Å². The molecule has 1 aliphatic rings. The number of carbonyl (C=O) groups is 1. The predicted molar refractivity (Wildman–Crippen MR) is 124 cm³/mol. The van der Waals surface area contributed by atoms with Gasteiger partial charge in [-0.3, -0.25) is 9.36 Å². The summed E-state index contributed by atoms with van der Waals surface area (Å²) in [5, 5.41) is 0. The molecular weight excluding hydrogens is 402 g/mol. The lowest BCUT2D eigenvalue weighted by atomic mass is 10.1. The van der Waals surface area contributed by atoms with E-state index in [0.29, 0.717) is 12.2 Å². The molecule has 2 aromatic heterocycles. The van der Waals surface area contributed by atoms with Gasteiger partial charge in [-0.2, -0.15) is 0 Å². The topological polar surface area (TPSA) is 63.5 Å². The summed E-state index contributed by atoms with van der Waals surface area (Å²) < 4.78 is 7.76. The molecule has 1 saturated heterocycles. The van der Waals surface area contributed by atoms with E-state index in [9.17, 15) is 4.79 Å². The fourth-order valence-electron chi connectivity index (χ4n) is 4.09. The van der Waals surface area contributed by atoms with Crippen LogP contribution in [0.2, 0.25) is 0 Å². The highest BCUT2D eigenvalue weighted by Crippen LogP contribution is 2.33. The maximum absolute atomic E-state index is 13.3. The Labute approximate surface area is 189 Å². The van der Waals surface area contributed by atoms with Gasteiger partial charge in [0.2, 0.25) is 0 Å². The van der Waals surface area contributed by atoms with E-state index in [1.54, 1.807) is 6.20 Å². The molecule has 1 aliphatic heterocycles. The lowest BCUT2D eigenvalue weighted by Crippen LogP contribution is -2.31. The number of likely N-dealkylation sites (N-methyl/N-ethyl adjacent to an activating group) is 1. The van der Waals surface area contributed by atoms with Crippen molar-refractivity contribution in [1.82, 2.24) is 24.3 Å². The van der Waals surface area contributed by atoms with E-state index in [1.165, 1.54) is 0 Å². The van der Waals surface area contributed by atoms with Crippen LogP contribution in [0.25, 0.3) is 5.82 Å². The van der Waals surface area contributed by atoms with Crippen LogP contribution in [0.1, 0.15) is 47.7 Å². The number of hydrogen-bond acceptors (Lipinski definition) is 5. The fourth-order valence-corrected chi connectivity index (χ4v) is 4.09. The summed E-state index contributed by atoms with van der Waals surface area (Å²) in [6.07, 6.45) is 6.46. The third-order valence-electron chi connectivity index (χ3n) is 5.80. The van der Waals surface area contributed by atoms with Crippen molar-refractivity contribution in [2.45, 2.75) is 32.2 Å². The van der Waals surface area contributed by atoms with Gasteiger partial charge < -0.3 is 14.5 Å². The lowest BCUT2D eigenvalue weighted by Gasteiger charge is -2.25. The largest absolute Gasteiger partial charge is 0.492 e. The van der Waals surface area contributed by atoms with Crippen LogP contribution in [-0.4, -0.2) is 64.0 Å². The average Bonchev–Trinajstić information content (AvgIpc) is 3.48. The third-order valence-corrected chi connectivity index (χ3v) is 5.80. The van der Waals surface area contributed by atoms with E-state index in [2.05, 4.69) is 16.8 Å². The second-order valence-corrected chi connectivity index (χ2v) is 8.32. The number of amides is 1. The molecule has 7 heteroatoms. The highest BCUT2D eigenvalue weighted by Gasteiger charge is 2.31. The zero-order valence-corrected chi connectivity index (χ0v) is 19.1. The third kappa shape index (κ3) is 4.83. The first-order valence-electron chi connectivity index (χ1n) is 11.2. The maximum Gasteiger partial charge on any atom is 0.254 e. The van der Waals surface area contributed by atoms with Crippen molar-refractivity contribution in [3.8, 4) is 11.6 Å². The number of aromatic nitrogens is 3. The van der Waals surface area contributed by atoms with Crippen LogP contribution in [0, 0.1) is 0 Å². The minimum absolute atomic E-state index is 0.0212. The number of nitrogens with zero attached hydrogens (tertiary/aromatic N) is 5. The highest BCUT2D eigenvalue weighted by atomic mass is 16.5. The van der Waals surface area contributed by atoms with Gasteiger partial charge in [-0.05, 0) is 63.3 Å². The molecule has 0 spiro atoms. The normalized spacial score (nSPS) is 16.0. The quantitative estimate of drug-likeness (QED) is 0.541. The van der Waals surface area contributed by atoms with Crippen molar-refractivity contribution in [3.63, 3.8) is 0 Å². The Morgan fingerprint density at radius 2 is 2.00 bits per heavy atom. The Hall–Kier alpha value is -3.19. The molecule has 0 N–H and O–H groups in total. The van der Waals surface area contributed by atoms with Crippen LogP contribution in [-0.2, 0) is 6.42 Å². The first-order chi connectivity index (χ1) is 15.6. The molecule has 7 nitrogen and oxygen atoms in total. The molecule has 3 heterocycles. The highest BCUT2D eigenvalue weighted by molar-refractivity contribution is 5.94. The minimum Gasteiger partial charge on any atom is -0.492 e. The van der Waals surface area contributed by atoms with Crippen molar-refractivity contribution in [1.29, 1.82) is 0 Å². The van der Waals surface area contributed by atoms with Crippen molar-refractivity contribution in [2.24, 2.45) is 0 Å². The number of ether oxygens (including phenoxy) is 1. The monoisotopic (exact) mass is 433 g/mol. The molecule has 32 heavy (non-hydrogen) atoms. The molecule has 1 atom stereocenters. The van der Waals surface area contributed by atoms with Crippen molar-refractivity contribution >= 4 is 5.91 Å². The number of carbonyl (C=O) groups excluding carboxylic acids is 1. The number of benzene rings is 1. The van der Waals surface area contributed by atoms with E-state index in [-0.39, 0.29) is 11.9 Å². The Balaban J connectivity index is 1.49. The lowest BCUT2D eigenvalue weighted by molar-refractivity contribution is 0.0733. The summed E-state index contributed by atoms with van der Waals surface area (Å²) in [6, 6.07) is 13.4. The first kappa shape index (κ1) is 22.0. The van der Waals surface area contributed by atoms with Crippen LogP contribution in [0.3, 0.4) is 0 Å². The van der Waals surface area contributed by atoms with Crippen molar-refractivity contribution in [3.05, 3.63) is 71.9 Å². The number of hydrogen-bond donors (Lipinski definition) is 0. The second kappa shape index (κ2) is 9.96. The Bertz CT molecular complexity index is 1040.